The fourth-order valence-corrected chi connectivity index (χ4v) is 15.9. The topological polar surface area (TPSA) is 258 Å². The van der Waals surface area contributed by atoms with E-state index in [1.807, 2.05) is 13.8 Å². The van der Waals surface area contributed by atoms with Gasteiger partial charge in [-0.15, -0.1) is 0 Å². The van der Waals surface area contributed by atoms with E-state index in [2.05, 4.69) is 41.5 Å². The number of rotatable bonds is 7. The summed E-state index contributed by atoms with van der Waals surface area (Å²) in [4.78, 5) is 0. The molecule has 5 aliphatic carbocycles. The van der Waals surface area contributed by atoms with Gasteiger partial charge < -0.3 is 79.5 Å². The Balaban J connectivity index is 1.19. The van der Waals surface area contributed by atoms with E-state index >= 15 is 0 Å². The molecule has 61 heavy (non-hydrogen) atoms. The molecule has 0 unspecified atom stereocenters. The predicted molar refractivity (Wildman–Crippen MR) is 215 cm³/mol. The molecule has 10 N–H and O–H groups in total. The summed E-state index contributed by atoms with van der Waals surface area (Å²) in [6.45, 7) is 16.7. The van der Waals surface area contributed by atoms with Crippen LogP contribution in [0.2, 0.25) is 0 Å². The molecule has 24 atom stereocenters. The van der Waals surface area contributed by atoms with E-state index in [0.717, 1.165) is 25.7 Å². The maximum absolute atomic E-state index is 11.7. The van der Waals surface area contributed by atoms with Gasteiger partial charge in [-0.25, -0.2) is 0 Å². The first-order valence-electron chi connectivity index (χ1n) is 23.0. The lowest BCUT2D eigenvalue weighted by Crippen LogP contribution is -2.72. The Labute approximate surface area is 359 Å². The molecular formula is C45H76O16. The minimum absolute atomic E-state index is 0.105. The van der Waals surface area contributed by atoms with Gasteiger partial charge in [-0.05, 0) is 122 Å². The van der Waals surface area contributed by atoms with Gasteiger partial charge in [-0.2, -0.15) is 0 Å². The average Bonchev–Trinajstić information content (AvgIpc) is 3.55. The quantitative estimate of drug-likeness (QED) is 0.157. The highest BCUT2D eigenvalue weighted by atomic mass is 16.7. The van der Waals surface area contributed by atoms with Gasteiger partial charge in [0.25, 0.3) is 0 Å². The van der Waals surface area contributed by atoms with Crippen LogP contribution in [0, 0.1) is 56.7 Å². The van der Waals surface area contributed by atoms with Crippen molar-refractivity contribution in [1.82, 2.24) is 0 Å². The van der Waals surface area contributed by atoms with Crippen molar-refractivity contribution in [2.24, 2.45) is 56.7 Å². The van der Waals surface area contributed by atoms with Crippen LogP contribution in [0.15, 0.2) is 0 Å². The molecule has 0 aromatic heterocycles. The Bertz CT molecular complexity index is 1580. The molecule has 3 heterocycles. The molecule has 0 aromatic carbocycles. The van der Waals surface area contributed by atoms with E-state index in [1.165, 1.54) is 0 Å². The first kappa shape index (κ1) is 46.9. The van der Waals surface area contributed by atoms with Gasteiger partial charge in [0.1, 0.15) is 54.9 Å². The lowest BCUT2D eigenvalue weighted by Gasteiger charge is -2.75. The smallest absolute Gasteiger partial charge is 0.186 e. The fraction of sp³-hybridized carbons (Fsp3) is 1.00. The van der Waals surface area contributed by atoms with Crippen molar-refractivity contribution in [2.45, 2.75) is 204 Å². The SMILES string of the molecule is CC(C)(O)[C@@H]1CC[C@@]2(C)[C@H]1[C@@H](O[C@@H]1OC[C@@H](O)[C@H](O)[C@H]1O)C[C@]1(C)[C@@H]2CC[C@@H]2[C@@]3(C)CC[C@H](O[C@@H]4OC[C@@H](O)[C@H](O)[C@H]4O)C(C)(C)[C@H]3[C@@H](O[C@@H]3OC[C@@H](O)[C@H](O)[C@H]3O)C[C@]21C. The van der Waals surface area contributed by atoms with E-state index in [1.54, 1.807) is 0 Å². The molecule has 0 spiro atoms. The molecule has 16 nitrogen and oxygen atoms in total. The standard InChI is InChI=1S/C45H76O16/c1-40(2)28(61-39-35(54)32(51)23(48)19-58-39)12-14-43(6)27-10-9-26-42(5)13-11-20(41(3,4)55)29(42)24(59-37-33(52)30(49)21(46)17-56-37)15-44(26,7)45(27,8)16-25(36(40)43)60-38-34(53)31(50)22(47)18-57-38/h20-39,46-55H,9-19H2,1-8H3/t20-,21-,22-,23-,24+,25+,26-,27-,28+,29-,30+,31+,32+,33-,34-,35-,36-,37+,38+,39+,42-,43-,44-,45-/m1/s1. The van der Waals surface area contributed by atoms with Crippen molar-refractivity contribution in [3.05, 3.63) is 0 Å². The highest BCUT2D eigenvalue weighted by molar-refractivity contribution is 5.23. The zero-order valence-corrected chi connectivity index (χ0v) is 37.2. The van der Waals surface area contributed by atoms with Crippen LogP contribution in [0.25, 0.3) is 0 Å². The Morgan fingerprint density at radius 2 is 0.918 bits per heavy atom. The summed E-state index contributed by atoms with van der Waals surface area (Å²) in [5, 5.41) is 108. The van der Waals surface area contributed by atoms with Crippen LogP contribution in [-0.4, -0.2) is 169 Å². The number of aliphatic hydroxyl groups is 10. The number of hydrogen-bond acceptors (Lipinski definition) is 16. The van der Waals surface area contributed by atoms with E-state index in [-0.39, 0.29) is 54.8 Å². The summed E-state index contributed by atoms with van der Waals surface area (Å²) in [7, 11) is 0. The Morgan fingerprint density at radius 3 is 1.39 bits per heavy atom. The van der Waals surface area contributed by atoms with Gasteiger partial charge in [0.05, 0.1) is 43.7 Å². The molecule has 3 saturated heterocycles. The second-order valence-corrected chi connectivity index (χ2v) is 22.8. The van der Waals surface area contributed by atoms with E-state index in [4.69, 9.17) is 28.4 Å². The van der Waals surface area contributed by atoms with Crippen molar-refractivity contribution >= 4 is 0 Å². The third kappa shape index (κ3) is 7.23. The zero-order chi connectivity index (χ0) is 44.6. The van der Waals surface area contributed by atoms with Crippen LogP contribution in [0.1, 0.15) is 107 Å². The van der Waals surface area contributed by atoms with Crippen molar-refractivity contribution in [3.8, 4) is 0 Å². The van der Waals surface area contributed by atoms with Crippen LogP contribution in [0.4, 0.5) is 0 Å². The maximum Gasteiger partial charge on any atom is 0.186 e. The Kier molecular flexibility index (Phi) is 12.3. The fourth-order valence-electron chi connectivity index (χ4n) is 15.9. The van der Waals surface area contributed by atoms with Crippen LogP contribution < -0.4 is 0 Å². The van der Waals surface area contributed by atoms with Gasteiger partial charge >= 0.3 is 0 Å². The number of fused-ring (bicyclic) bond motifs is 7. The van der Waals surface area contributed by atoms with Crippen molar-refractivity contribution < 1.29 is 79.5 Å². The highest BCUT2D eigenvalue weighted by Crippen LogP contribution is 2.79. The summed E-state index contributed by atoms with van der Waals surface area (Å²) in [6, 6.07) is 0. The van der Waals surface area contributed by atoms with Crippen LogP contribution >= 0.6 is 0 Å². The Hall–Kier alpha value is -0.640. The van der Waals surface area contributed by atoms with Crippen LogP contribution in [0.3, 0.4) is 0 Å². The van der Waals surface area contributed by atoms with Gasteiger partial charge in [-0.3, -0.25) is 0 Å². The molecule has 0 amide bonds. The third-order valence-corrected chi connectivity index (χ3v) is 18.9. The lowest BCUT2D eigenvalue weighted by molar-refractivity contribution is -0.354. The maximum atomic E-state index is 11.7. The summed E-state index contributed by atoms with van der Waals surface area (Å²) in [6.07, 6.45) is -11.8. The molecule has 5 saturated carbocycles. The molecule has 0 radical (unpaired) electrons. The first-order valence-corrected chi connectivity index (χ1v) is 23.0. The van der Waals surface area contributed by atoms with Crippen LogP contribution in [-0.2, 0) is 28.4 Å². The number of aliphatic hydroxyl groups excluding tert-OH is 9. The molecular weight excluding hydrogens is 796 g/mol. The van der Waals surface area contributed by atoms with Crippen molar-refractivity contribution in [1.29, 1.82) is 0 Å². The number of ether oxygens (including phenoxy) is 6. The summed E-state index contributed by atoms with van der Waals surface area (Å²) in [5.74, 6) is -0.109. The average molecular weight is 873 g/mol. The van der Waals surface area contributed by atoms with E-state index in [0.29, 0.717) is 25.7 Å². The molecule has 3 aliphatic heterocycles. The molecule has 8 rings (SSSR count). The van der Waals surface area contributed by atoms with Crippen LogP contribution in [0.5, 0.6) is 0 Å². The number of hydrogen-bond donors (Lipinski definition) is 10. The normalized spacial score (nSPS) is 57.3. The van der Waals surface area contributed by atoms with Gasteiger partial charge in [0, 0.05) is 0 Å². The molecule has 0 bridgehead atoms. The van der Waals surface area contributed by atoms with Gasteiger partial charge in [-0.1, -0.05) is 41.5 Å². The van der Waals surface area contributed by atoms with E-state index < -0.39 is 119 Å². The zero-order valence-electron chi connectivity index (χ0n) is 37.2. The lowest BCUT2D eigenvalue weighted by atomic mass is 9.31. The summed E-state index contributed by atoms with van der Waals surface area (Å²) < 4.78 is 38.1. The molecule has 8 aliphatic rings. The summed E-state index contributed by atoms with van der Waals surface area (Å²) in [5.41, 5.74) is -3.23. The minimum Gasteiger partial charge on any atom is -0.390 e. The molecule has 0 aromatic rings. The summed E-state index contributed by atoms with van der Waals surface area (Å²) >= 11 is 0. The third-order valence-electron chi connectivity index (χ3n) is 18.9. The monoisotopic (exact) mass is 873 g/mol. The van der Waals surface area contributed by atoms with Gasteiger partial charge in [0.2, 0.25) is 0 Å². The van der Waals surface area contributed by atoms with Crippen molar-refractivity contribution in [2.75, 3.05) is 19.8 Å². The first-order chi connectivity index (χ1) is 28.3. The largest absolute Gasteiger partial charge is 0.390 e. The second kappa shape index (κ2) is 16.0. The highest BCUT2D eigenvalue weighted by Gasteiger charge is 2.75. The molecule has 8 fully saturated rings. The Morgan fingerprint density at radius 1 is 0.508 bits per heavy atom. The van der Waals surface area contributed by atoms with Gasteiger partial charge in [0.15, 0.2) is 18.9 Å². The minimum atomic E-state index is -1.52. The second-order valence-electron chi connectivity index (χ2n) is 22.8. The molecule has 352 valence electrons. The predicted octanol–water partition coefficient (Wildman–Crippen LogP) is 0.551. The van der Waals surface area contributed by atoms with E-state index in [9.17, 15) is 51.1 Å². The van der Waals surface area contributed by atoms with Crippen molar-refractivity contribution in [3.63, 3.8) is 0 Å². The molecule has 16 heteroatoms.